The average molecular weight is 242 g/mol. The lowest BCUT2D eigenvalue weighted by molar-refractivity contribution is 0.0538. The van der Waals surface area contributed by atoms with Crippen molar-refractivity contribution in [2.45, 2.75) is 63.6 Å². The molecule has 2 aliphatic rings. The predicted octanol–water partition coefficient (Wildman–Crippen LogP) is 2.47. The minimum Gasteiger partial charge on any atom is -0.329 e. The Kier molecular flexibility index (Phi) is 4.20. The second-order valence-electron chi connectivity index (χ2n) is 5.48. The second kappa shape index (κ2) is 5.28. The topological polar surface area (TPSA) is 29.3 Å². The zero-order valence-corrected chi connectivity index (χ0v) is 11.6. The Morgan fingerprint density at radius 3 is 2.81 bits per heavy atom. The molecule has 0 radical (unpaired) electrons. The molecule has 2 saturated heterocycles. The van der Waals surface area contributed by atoms with Crippen molar-refractivity contribution in [3.05, 3.63) is 0 Å². The Balaban J connectivity index is 2.17. The third kappa shape index (κ3) is 2.14. The van der Waals surface area contributed by atoms with Gasteiger partial charge in [0, 0.05) is 29.9 Å². The van der Waals surface area contributed by atoms with Gasteiger partial charge < -0.3 is 5.73 Å². The van der Waals surface area contributed by atoms with Crippen LogP contribution in [0.2, 0.25) is 0 Å². The number of thioether (sulfide) groups is 1. The van der Waals surface area contributed by atoms with Crippen LogP contribution in [0.4, 0.5) is 0 Å². The number of nitrogens with zero attached hydrogens (tertiary/aromatic N) is 1. The van der Waals surface area contributed by atoms with Gasteiger partial charge in [0.1, 0.15) is 0 Å². The Morgan fingerprint density at radius 1 is 1.44 bits per heavy atom. The average Bonchev–Trinajstić information content (AvgIpc) is 2.72. The van der Waals surface area contributed by atoms with Gasteiger partial charge in [-0.25, -0.2) is 0 Å². The molecule has 0 saturated carbocycles. The molecule has 3 atom stereocenters. The van der Waals surface area contributed by atoms with Crippen molar-refractivity contribution in [2.24, 2.45) is 5.73 Å². The van der Waals surface area contributed by atoms with Gasteiger partial charge in [-0.05, 0) is 44.8 Å². The number of rotatable bonds is 3. The highest BCUT2D eigenvalue weighted by atomic mass is 32.2. The smallest absolute Gasteiger partial charge is 0.0427 e. The van der Waals surface area contributed by atoms with Crippen LogP contribution < -0.4 is 5.73 Å². The number of hydrogen-bond donors (Lipinski definition) is 1. The minimum absolute atomic E-state index is 0.319. The zero-order chi connectivity index (χ0) is 11.6. The van der Waals surface area contributed by atoms with E-state index in [1.807, 2.05) is 0 Å². The van der Waals surface area contributed by atoms with Gasteiger partial charge in [-0.1, -0.05) is 6.92 Å². The highest BCUT2D eigenvalue weighted by Gasteiger charge is 2.45. The Labute approximate surface area is 104 Å². The third-order valence-electron chi connectivity index (χ3n) is 4.49. The maximum Gasteiger partial charge on any atom is 0.0427 e. The molecule has 16 heavy (non-hydrogen) atoms. The highest BCUT2D eigenvalue weighted by Crippen LogP contribution is 2.39. The quantitative estimate of drug-likeness (QED) is 0.824. The molecule has 2 heterocycles. The summed E-state index contributed by atoms with van der Waals surface area (Å²) in [6, 6.07) is 1.53. The van der Waals surface area contributed by atoms with E-state index in [1.165, 1.54) is 43.6 Å². The number of hydrogen-bond acceptors (Lipinski definition) is 3. The Morgan fingerprint density at radius 2 is 2.25 bits per heavy atom. The molecule has 0 amide bonds. The van der Waals surface area contributed by atoms with E-state index >= 15 is 0 Å². The van der Waals surface area contributed by atoms with E-state index in [1.54, 1.807) is 0 Å². The standard InChI is InChI=1S/C13H26N2S/c1-3-12-6-5-11(2)15(12)13(9-14)7-4-8-16-10-13/h11-12H,3-10,14H2,1-2H3. The van der Waals surface area contributed by atoms with Crippen molar-refractivity contribution >= 4 is 11.8 Å². The molecule has 2 rings (SSSR count). The lowest BCUT2D eigenvalue weighted by Crippen LogP contribution is -2.60. The van der Waals surface area contributed by atoms with Gasteiger partial charge in [0.05, 0.1) is 0 Å². The first kappa shape index (κ1) is 12.7. The summed E-state index contributed by atoms with van der Waals surface area (Å²) in [5.41, 5.74) is 6.46. The fourth-order valence-electron chi connectivity index (χ4n) is 3.63. The predicted molar refractivity (Wildman–Crippen MR) is 73.0 cm³/mol. The Bertz CT molecular complexity index is 226. The van der Waals surface area contributed by atoms with Gasteiger partial charge in [-0.3, -0.25) is 4.90 Å². The molecule has 0 aliphatic carbocycles. The molecule has 2 N–H and O–H groups in total. The first-order chi connectivity index (χ1) is 7.73. The van der Waals surface area contributed by atoms with Crippen molar-refractivity contribution < 1.29 is 0 Å². The second-order valence-corrected chi connectivity index (χ2v) is 6.59. The van der Waals surface area contributed by atoms with E-state index in [-0.39, 0.29) is 0 Å². The van der Waals surface area contributed by atoms with Crippen LogP contribution in [0.15, 0.2) is 0 Å². The SMILES string of the molecule is CCC1CCC(C)N1C1(CN)CCCSC1. The maximum absolute atomic E-state index is 6.14. The van der Waals surface area contributed by atoms with E-state index in [9.17, 15) is 0 Å². The summed E-state index contributed by atoms with van der Waals surface area (Å²) >= 11 is 2.11. The van der Waals surface area contributed by atoms with Gasteiger partial charge in [0.2, 0.25) is 0 Å². The molecule has 3 heteroatoms. The van der Waals surface area contributed by atoms with E-state index in [0.29, 0.717) is 5.54 Å². The fourth-order valence-corrected chi connectivity index (χ4v) is 4.92. The fraction of sp³-hybridized carbons (Fsp3) is 1.00. The maximum atomic E-state index is 6.14. The van der Waals surface area contributed by atoms with Gasteiger partial charge in [-0.15, -0.1) is 0 Å². The largest absolute Gasteiger partial charge is 0.329 e. The monoisotopic (exact) mass is 242 g/mol. The zero-order valence-electron chi connectivity index (χ0n) is 10.7. The number of nitrogens with two attached hydrogens (primary N) is 1. The minimum atomic E-state index is 0.319. The van der Waals surface area contributed by atoms with Crippen molar-refractivity contribution in [3.8, 4) is 0 Å². The molecule has 0 aromatic rings. The lowest BCUT2D eigenvalue weighted by Gasteiger charge is -2.48. The summed E-state index contributed by atoms with van der Waals surface area (Å²) in [5.74, 6) is 2.59. The lowest BCUT2D eigenvalue weighted by atomic mass is 9.91. The molecule has 3 unspecified atom stereocenters. The molecular formula is C13H26N2S. The molecule has 2 aliphatic heterocycles. The van der Waals surface area contributed by atoms with Gasteiger partial charge in [0.25, 0.3) is 0 Å². The summed E-state index contributed by atoms with van der Waals surface area (Å²) in [7, 11) is 0. The van der Waals surface area contributed by atoms with Crippen LogP contribution in [-0.4, -0.2) is 40.6 Å². The van der Waals surface area contributed by atoms with Crippen LogP contribution in [0, 0.1) is 0 Å². The van der Waals surface area contributed by atoms with Gasteiger partial charge >= 0.3 is 0 Å². The van der Waals surface area contributed by atoms with Crippen molar-refractivity contribution in [1.29, 1.82) is 0 Å². The summed E-state index contributed by atoms with van der Waals surface area (Å²) in [6.45, 7) is 5.57. The summed E-state index contributed by atoms with van der Waals surface area (Å²) < 4.78 is 0. The van der Waals surface area contributed by atoms with E-state index < -0.39 is 0 Å². The summed E-state index contributed by atoms with van der Waals surface area (Å²) in [4.78, 5) is 2.79. The van der Waals surface area contributed by atoms with Crippen molar-refractivity contribution in [1.82, 2.24) is 4.90 Å². The van der Waals surface area contributed by atoms with Gasteiger partial charge in [0.15, 0.2) is 0 Å². The summed E-state index contributed by atoms with van der Waals surface area (Å²) in [6.07, 6.45) is 6.70. The Hall–Kier alpha value is 0.270. The van der Waals surface area contributed by atoms with Crippen LogP contribution in [-0.2, 0) is 0 Å². The molecule has 2 nitrogen and oxygen atoms in total. The van der Waals surface area contributed by atoms with Crippen molar-refractivity contribution in [2.75, 3.05) is 18.1 Å². The molecule has 0 aromatic carbocycles. The first-order valence-corrected chi connectivity index (χ1v) is 7.95. The highest BCUT2D eigenvalue weighted by molar-refractivity contribution is 7.99. The van der Waals surface area contributed by atoms with Gasteiger partial charge in [-0.2, -0.15) is 11.8 Å². The molecule has 0 bridgehead atoms. The van der Waals surface area contributed by atoms with Crippen LogP contribution in [0.5, 0.6) is 0 Å². The van der Waals surface area contributed by atoms with Crippen LogP contribution in [0.3, 0.4) is 0 Å². The van der Waals surface area contributed by atoms with Crippen LogP contribution in [0.25, 0.3) is 0 Å². The summed E-state index contributed by atoms with van der Waals surface area (Å²) in [5, 5.41) is 0. The molecule has 2 fully saturated rings. The molecule has 0 spiro atoms. The molecule has 94 valence electrons. The first-order valence-electron chi connectivity index (χ1n) is 6.80. The normalized spacial score (nSPS) is 41.4. The molecular weight excluding hydrogens is 216 g/mol. The van der Waals surface area contributed by atoms with E-state index in [0.717, 1.165) is 18.6 Å². The molecule has 0 aromatic heterocycles. The van der Waals surface area contributed by atoms with Crippen LogP contribution >= 0.6 is 11.8 Å². The van der Waals surface area contributed by atoms with Crippen LogP contribution in [0.1, 0.15) is 46.0 Å². The number of likely N-dealkylation sites (tertiary alicyclic amines) is 1. The van der Waals surface area contributed by atoms with E-state index in [2.05, 4.69) is 30.5 Å². The third-order valence-corrected chi connectivity index (χ3v) is 5.81. The van der Waals surface area contributed by atoms with Crippen molar-refractivity contribution in [3.63, 3.8) is 0 Å². The van der Waals surface area contributed by atoms with E-state index in [4.69, 9.17) is 5.73 Å².